The van der Waals surface area contributed by atoms with Crippen LogP contribution in [0.2, 0.25) is 0 Å². The molecule has 0 unspecified atom stereocenters. The van der Waals surface area contributed by atoms with Crippen LogP contribution in [0.4, 0.5) is 22.7 Å². The number of fused-ring (bicyclic) bond motifs is 14. The second-order valence-electron chi connectivity index (χ2n) is 30.3. The van der Waals surface area contributed by atoms with Gasteiger partial charge in [0.1, 0.15) is 0 Å². The van der Waals surface area contributed by atoms with Crippen molar-refractivity contribution in [2.75, 3.05) is 23.9 Å². The van der Waals surface area contributed by atoms with Gasteiger partial charge in [0.2, 0.25) is 0 Å². The van der Waals surface area contributed by atoms with E-state index < -0.39 is 0 Å². The maximum absolute atomic E-state index is 2.48. The van der Waals surface area contributed by atoms with E-state index in [1.54, 1.807) is 0 Å². The minimum atomic E-state index is -0.101. The molecule has 0 aromatic heterocycles. The van der Waals surface area contributed by atoms with Crippen molar-refractivity contribution in [2.24, 2.45) is 0 Å². The van der Waals surface area contributed by atoms with Gasteiger partial charge >= 0.3 is 0 Å². The van der Waals surface area contributed by atoms with E-state index >= 15 is 0 Å². The molecule has 20 rings (SSSR count). The summed E-state index contributed by atoms with van der Waals surface area (Å²) in [5.74, 6) is 0. The molecule has 0 saturated carbocycles. The first-order valence-electron chi connectivity index (χ1n) is 36.2. The van der Waals surface area contributed by atoms with E-state index in [0.29, 0.717) is 0 Å². The lowest BCUT2D eigenvalue weighted by Gasteiger charge is -2.40. The van der Waals surface area contributed by atoms with E-state index in [4.69, 9.17) is 0 Å². The molecule has 0 bridgehead atoms. The van der Waals surface area contributed by atoms with E-state index in [1.807, 2.05) is 0 Å². The summed E-state index contributed by atoms with van der Waals surface area (Å²) in [7, 11) is 4.43. The Morgan fingerprint density at radius 2 is 0.539 bits per heavy atom. The van der Waals surface area contributed by atoms with Gasteiger partial charge in [-0.25, -0.2) is 0 Å². The molecule has 16 aromatic carbocycles. The first-order valence-corrected chi connectivity index (χ1v) is 36.2. The molecule has 2 nitrogen and oxygen atoms in total. The SMILES string of the molecule is CN1c2ccccc2C(C)(C)c2ccc(-c3c4ccccc4c(-c4ccc5c(c4)C(C)(C)c4ccccc4-5)c4cc(-c5ccccc5)ccc34)cc21.CN1c2ccccc2Cc2ccc(-c3c4ccccc4c(-c4ccc5c(c4)C(C)(C)c4ccccc4-5)c4cc(-c5ccccc5)ccc34)cc21. The summed E-state index contributed by atoms with van der Waals surface area (Å²) in [6, 6.07) is 118. The molecular formula is C100H78N2. The van der Waals surface area contributed by atoms with E-state index in [1.165, 1.54) is 199 Å². The van der Waals surface area contributed by atoms with Gasteiger partial charge < -0.3 is 9.80 Å². The molecule has 2 heterocycles. The molecule has 0 spiro atoms. The molecule has 4 aliphatic rings. The summed E-state index contributed by atoms with van der Waals surface area (Å²) in [5, 5.41) is 10.2. The van der Waals surface area contributed by atoms with Gasteiger partial charge in [-0.2, -0.15) is 0 Å². The molecule has 0 amide bonds. The Bertz CT molecular complexity index is 6160. The second-order valence-corrected chi connectivity index (χ2v) is 30.3. The quantitative estimate of drug-likeness (QED) is 0.153. The van der Waals surface area contributed by atoms with Crippen molar-refractivity contribution in [2.45, 2.75) is 64.2 Å². The Hall–Kier alpha value is -11.8. The summed E-state index contributed by atoms with van der Waals surface area (Å²) >= 11 is 0. The third-order valence-electron chi connectivity index (χ3n) is 23.7. The predicted octanol–water partition coefficient (Wildman–Crippen LogP) is 26.7. The summed E-state index contributed by atoms with van der Waals surface area (Å²) in [4.78, 5) is 4.75. The number of benzene rings is 16. The van der Waals surface area contributed by atoms with Gasteiger partial charge in [-0.1, -0.05) is 308 Å². The number of para-hydroxylation sites is 2. The number of rotatable bonds is 6. The van der Waals surface area contributed by atoms with Gasteiger partial charge in [0.15, 0.2) is 0 Å². The Kier molecular flexibility index (Phi) is 13.9. The maximum atomic E-state index is 2.48. The van der Waals surface area contributed by atoms with Crippen LogP contribution in [0.15, 0.2) is 315 Å². The number of hydrogen-bond donors (Lipinski definition) is 0. The lowest BCUT2D eigenvalue weighted by atomic mass is 9.73. The largest absolute Gasteiger partial charge is 0.344 e. The number of hydrogen-bond acceptors (Lipinski definition) is 2. The van der Waals surface area contributed by atoms with Crippen molar-refractivity contribution in [3.8, 4) is 89.0 Å². The number of nitrogens with zero attached hydrogens (tertiary/aromatic N) is 2. The van der Waals surface area contributed by atoms with Crippen LogP contribution in [-0.4, -0.2) is 14.1 Å². The van der Waals surface area contributed by atoms with Crippen LogP contribution in [0.3, 0.4) is 0 Å². The zero-order chi connectivity index (χ0) is 68.9. The van der Waals surface area contributed by atoms with Crippen molar-refractivity contribution in [1.82, 2.24) is 0 Å². The lowest BCUT2D eigenvalue weighted by Crippen LogP contribution is -2.30. The first kappa shape index (κ1) is 61.3. The fourth-order valence-electron chi connectivity index (χ4n) is 18.5. The smallest absolute Gasteiger partial charge is 0.0455 e. The summed E-state index contributed by atoms with van der Waals surface area (Å²) < 4.78 is 0. The average molecular weight is 1310 g/mol. The van der Waals surface area contributed by atoms with Crippen molar-refractivity contribution < 1.29 is 0 Å². The summed E-state index contributed by atoms with van der Waals surface area (Å²) in [6.45, 7) is 14.2. The van der Waals surface area contributed by atoms with Crippen molar-refractivity contribution in [3.05, 3.63) is 360 Å². The molecular weight excluding hydrogens is 1230 g/mol. The van der Waals surface area contributed by atoms with Crippen molar-refractivity contribution >= 4 is 65.8 Å². The topological polar surface area (TPSA) is 6.48 Å². The van der Waals surface area contributed by atoms with E-state index in [9.17, 15) is 0 Å². The van der Waals surface area contributed by atoms with Gasteiger partial charge in [-0.05, 0) is 225 Å². The van der Waals surface area contributed by atoms with E-state index in [0.717, 1.165) is 6.42 Å². The minimum Gasteiger partial charge on any atom is -0.344 e. The van der Waals surface area contributed by atoms with Gasteiger partial charge in [-0.3, -0.25) is 0 Å². The first-order chi connectivity index (χ1) is 49.7. The third kappa shape index (κ3) is 9.31. The van der Waals surface area contributed by atoms with Crippen LogP contribution in [0.25, 0.3) is 132 Å². The van der Waals surface area contributed by atoms with Crippen molar-refractivity contribution in [1.29, 1.82) is 0 Å². The van der Waals surface area contributed by atoms with Gasteiger partial charge in [0.05, 0.1) is 0 Å². The molecule has 0 radical (unpaired) electrons. The average Bonchev–Trinajstić information content (AvgIpc) is 1.56. The molecule has 488 valence electrons. The lowest BCUT2D eigenvalue weighted by molar-refractivity contribution is 0.629. The third-order valence-corrected chi connectivity index (χ3v) is 23.7. The highest BCUT2D eigenvalue weighted by Crippen LogP contribution is 2.56. The summed E-state index contributed by atoms with van der Waals surface area (Å²) in [5.41, 5.74) is 36.5. The highest BCUT2D eigenvalue weighted by Gasteiger charge is 2.39. The Balaban J connectivity index is 0.000000141. The van der Waals surface area contributed by atoms with Crippen LogP contribution in [-0.2, 0) is 22.7 Å². The molecule has 2 aliphatic carbocycles. The van der Waals surface area contributed by atoms with E-state index in [-0.39, 0.29) is 16.2 Å². The highest BCUT2D eigenvalue weighted by atomic mass is 15.1. The van der Waals surface area contributed by atoms with Crippen LogP contribution >= 0.6 is 0 Å². The van der Waals surface area contributed by atoms with Gasteiger partial charge in [-0.15, -0.1) is 0 Å². The van der Waals surface area contributed by atoms with Crippen LogP contribution < -0.4 is 9.80 Å². The maximum Gasteiger partial charge on any atom is 0.0455 e. The van der Waals surface area contributed by atoms with Crippen LogP contribution in [0.1, 0.15) is 86.1 Å². The molecule has 2 aliphatic heterocycles. The van der Waals surface area contributed by atoms with Gasteiger partial charge in [0.25, 0.3) is 0 Å². The van der Waals surface area contributed by atoms with Crippen molar-refractivity contribution in [3.63, 3.8) is 0 Å². The predicted molar refractivity (Wildman–Crippen MR) is 435 cm³/mol. The molecule has 102 heavy (non-hydrogen) atoms. The standard InChI is InChI=1S/C51H41N.C49H37N/c1-50(2)42-20-12-11-17-36(42)37-26-24-34(30-45(37)50)49-39-19-10-9-18-38(39)48(40-27-23-33(29-41(40)49)32-15-7-6-8-16-32)35-25-28-44-47(31-35)52(5)46-22-14-13-21-43(46)51(44,3)4;1-49(2)43-19-11-10-16-37(43)38-25-24-35(29-44(38)49)48-40-18-9-8-17-39(40)47(41-26-23-32(28-42(41)48)31-13-5-4-6-14-31)36-22-21-34-27-33-15-7-12-20-45(33)50(3)46(34)30-36/h6-31H,1-5H3;4-26,28-30H,27H2,1-3H3. The Labute approximate surface area is 599 Å². The molecule has 0 saturated heterocycles. The second kappa shape index (κ2) is 23.1. The molecule has 16 aromatic rings. The zero-order valence-corrected chi connectivity index (χ0v) is 59.1. The van der Waals surface area contributed by atoms with Crippen LogP contribution in [0.5, 0.6) is 0 Å². The highest BCUT2D eigenvalue weighted by molar-refractivity contribution is 6.24. The Morgan fingerprint density at radius 3 is 1.06 bits per heavy atom. The van der Waals surface area contributed by atoms with Crippen LogP contribution in [0, 0.1) is 0 Å². The monoisotopic (exact) mass is 1310 g/mol. The zero-order valence-electron chi connectivity index (χ0n) is 59.1. The fourth-order valence-corrected chi connectivity index (χ4v) is 18.5. The van der Waals surface area contributed by atoms with Gasteiger partial charge in [0, 0.05) is 59.5 Å². The fraction of sp³-hybridized carbons (Fsp3) is 0.120. The minimum absolute atomic E-state index is 0.0730. The normalized spacial score (nSPS) is 14.4. The molecule has 2 heteroatoms. The van der Waals surface area contributed by atoms with E-state index in [2.05, 4.69) is 381 Å². The number of anilines is 4. The molecule has 0 atom stereocenters. The Morgan fingerprint density at radius 1 is 0.206 bits per heavy atom. The summed E-state index contributed by atoms with van der Waals surface area (Å²) in [6.07, 6.45) is 0.954. The molecule has 0 fully saturated rings. The molecule has 0 N–H and O–H groups in total.